The standard InChI is InChI=1S/C24H27FN6O2/c1-3-30-12-14-31(15-13-30)20-10-8-19(9-11-20)28-24-26-16-21(25)22(29-24)27-18-6-4-17(5-7-18)23(32)33-2/h4-11,16H,3,12-15H2,1-2H3,(H2,26,27,28,29). The number of carbonyl (C=O) groups is 1. The van der Waals surface area contributed by atoms with E-state index in [9.17, 15) is 9.18 Å². The lowest BCUT2D eigenvalue weighted by atomic mass is 10.2. The van der Waals surface area contributed by atoms with Crippen molar-refractivity contribution in [3.05, 3.63) is 66.1 Å². The minimum Gasteiger partial charge on any atom is -0.465 e. The van der Waals surface area contributed by atoms with Gasteiger partial charge in [0, 0.05) is 43.2 Å². The molecule has 3 aromatic rings. The van der Waals surface area contributed by atoms with E-state index in [0.717, 1.165) is 44.6 Å². The highest BCUT2D eigenvalue weighted by Crippen LogP contribution is 2.23. The fourth-order valence-electron chi connectivity index (χ4n) is 3.67. The van der Waals surface area contributed by atoms with Crippen LogP contribution in [0.25, 0.3) is 0 Å². The van der Waals surface area contributed by atoms with Crippen LogP contribution in [-0.4, -0.2) is 60.7 Å². The molecule has 0 saturated carbocycles. The summed E-state index contributed by atoms with van der Waals surface area (Å²) in [5.74, 6) is -0.715. The molecule has 2 aromatic carbocycles. The van der Waals surface area contributed by atoms with Crippen molar-refractivity contribution in [1.29, 1.82) is 0 Å². The second-order valence-corrected chi connectivity index (χ2v) is 7.68. The first kappa shape index (κ1) is 22.5. The Kier molecular flexibility index (Phi) is 6.99. The smallest absolute Gasteiger partial charge is 0.337 e. The molecule has 1 aliphatic rings. The Bertz CT molecular complexity index is 1080. The molecule has 0 spiro atoms. The van der Waals surface area contributed by atoms with Crippen molar-refractivity contribution < 1.29 is 13.9 Å². The summed E-state index contributed by atoms with van der Waals surface area (Å²) in [6, 6.07) is 14.6. The van der Waals surface area contributed by atoms with Crippen LogP contribution in [0.2, 0.25) is 0 Å². The maximum absolute atomic E-state index is 14.3. The molecule has 8 nitrogen and oxygen atoms in total. The SMILES string of the molecule is CCN1CCN(c2ccc(Nc3ncc(F)c(Nc4ccc(C(=O)OC)cc4)n3)cc2)CC1. The zero-order valence-corrected chi connectivity index (χ0v) is 18.7. The van der Waals surface area contributed by atoms with Gasteiger partial charge in [-0.25, -0.2) is 14.2 Å². The van der Waals surface area contributed by atoms with Crippen LogP contribution in [0.4, 0.5) is 33.2 Å². The van der Waals surface area contributed by atoms with Crippen molar-refractivity contribution in [2.75, 3.05) is 55.4 Å². The molecule has 1 aliphatic heterocycles. The third-order valence-electron chi connectivity index (χ3n) is 5.62. The summed E-state index contributed by atoms with van der Waals surface area (Å²) in [4.78, 5) is 24.7. The number of carbonyl (C=O) groups excluding carboxylic acids is 1. The molecule has 2 N–H and O–H groups in total. The third-order valence-corrected chi connectivity index (χ3v) is 5.62. The summed E-state index contributed by atoms with van der Waals surface area (Å²) in [7, 11) is 1.32. The summed E-state index contributed by atoms with van der Waals surface area (Å²) in [6.07, 6.45) is 1.11. The molecule has 2 heterocycles. The number of piperazine rings is 1. The highest BCUT2D eigenvalue weighted by atomic mass is 19.1. The number of benzene rings is 2. The second-order valence-electron chi connectivity index (χ2n) is 7.68. The van der Waals surface area contributed by atoms with Gasteiger partial charge in [0.25, 0.3) is 0 Å². The Hall–Kier alpha value is -3.72. The van der Waals surface area contributed by atoms with Crippen LogP contribution < -0.4 is 15.5 Å². The van der Waals surface area contributed by atoms with Crippen LogP contribution >= 0.6 is 0 Å². The lowest BCUT2D eigenvalue weighted by Gasteiger charge is -2.35. The number of aromatic nitrogens is 2. The number of ether oxygens (including phenoxy) is 1. The first-order chi connectivity index (χ1) is 16.1. The van der Waals surface area contributed by atoms with E-state index in [1.165, 1.54) is 12.8 Å². The number of likely N-dealkylation sites (N-methyl/N-ethyl adjacent to an activating group) is 1. The van der Waals surface area contributed by atoms with Crippen molar-refractivity contribution in [3.63, 3.8) is 0 Å². The van der Waals surface area contributed by atoms with Crippen LogP contribution in [0.3, 0.4) is 0 Å². The predicted octanol–water partition coefficient (Wildman–Crippen LogP) is 4.03. The topological polar surface area (TPSA) is 82.6 Å². The monoisotopic (exact) mass is 450 g/mol. The van der Waals surface area contributed by atoms with Crippen molar-refractivity contribution in [3.8, 4) is 0 Å². The van der Waals surface area contributed by atoms with Gasteiger partial charge in [0.1, 0.15) is 0 Å². The summed E-state index contributed by atoms with van der Waals surface area (Å²) < 4.78 is 19.0. The number of esters is 1. The molecular weight excluding hydrogens is 423 g/mol. The highest BCUT2D eigenvalue weighted by molar-refractivity contribution is 5.89. The van der Waals surface area contributed by atoms with Gasteiger partial charge in [-0.2, -0.15) is 4.98 Å². The summed E-state index contributed by atoms with van der Waals surface area (Å²) in [5, 5.41) is 6.03. The number of rotatable bonds is 7. The molecule has 0 atom stereocenters. The largest absolute Gasteiger partial charge is 0.465 e. The Labute approximate surface area is 192 Å². The van der Waals surface area contributed by atoms with Gasteiger partial charge in [0.15, 0.2) is 11.6 Å². The Morgan fingerprint density at radius 3 is 2.27 bits per heavy atom. The molecule has 33 heavy (non-hydrogen) atoms. The van der Waals surface area contributed by atoms with Gasteiger partial charge in [-0.15, -0.1) is 0 Å². The van der Waals surface area contributed by atoms with Gasteiger partial charge >= 0.3 is 5.97 Å². The number of hydrogen-bond donors (Lipinski definition) is 2. The van der Waals surface area contributed by atoms with Crippen molar-refractivity contribution in [2.24, 2.45) is 0 Å². The lowest BCUT2D eigenvalue weighted by molar-refractivity contribution is 0.0601. The molecular formula is C24H27FN6O2. The molecule has 1 saturated heterocycles. The van der Waals surface area contributed by atoms with E-state index in [-0.39, 0.29) is 11.8 Å². The van der Waals surface area contributed by atoms with Gasteiger partial charge in [-0.3, -0.25) is 0 Å². The summed E-state index contributed by atoms with van der Waals surface area (Å²) in [6.45, 7) is 7.44. The quantitative estimate of drug-likeness (QED) is 0.522. The Balaban J connectivity index is 1.41. The average molecular weight is 451 g/mol. The number of halogens is 1. The molecule has 0 amide bonds. The van der Waals surface area contributed by atoms with Gasteiger partial charge in [-0.1, -0.05) is 6.92 Å². The van der Waals surface area contributed by atoms with Crippen LogP contribution in [-0.2, 0) is 4.74 Å². The second kappa shape index (κ2) is 10.3. The first-order valence-corrected chi connectivity index (χ1v) is 10.9. The number of methoxy groups -OCH3 is 1. The van der Waals surface area contributed by atoms with E-state index >= 15 is 0 Å². The number of hydrogen-bond acceptors (Lipinski definition) is 8. The van der Waals surface area contributed by atoms with Crippen LogP contribution in [0, 0.1) is 5.82 Å². The zero-order chi connectivity index (χ0) is 23.2. The first-order valence-electron chi connectivity index (χ1n) is 10.9. The van der Waals surface area contributed by atoms with Gasteiger partial charge < -0.3 is 25.2 Å². The van der Waals surface area contributed by atoms with E-state index in [4.69, 9.17) is 0 Å². The van der Waals surface area contributed by atoms with E-state index in [1.54, 1.807) is 24.3 Å². The van der Waals surface area contributed by atoms with Crippen molar-refractivity contribution >= 4 is 34.8 Å². The molecule has 1 aromatic heterocycles. The maximum Gasteiger partial charge on any atom is 0.337 e. The molecule has 0 unspecified atom stereocenters. The van der Waals surface area contributed by atoms with Gasteiger partial charge in [-0.05, 0) is 55.1 Å². The van der Waals surface area contributed by atoms with Crippen LogP contribution in [0.5, 0.6) is 0 Å². The average Bonchev–Trinajstić information content (AvgIpc) is 2.86. The van der Waals surface area contributed by atoms with Gasteiger partial charge in [0.2, 0.25) is 5.95 Å². The molecule has 4 rings (SSSR count). The number of nitrogens with zero attached hydrogens (tertiary/aromatic N) is 4. The lowest BCUT2D eigenvalue weighted by Crippen LogP contribution is -2.46. The minimum absolute atomic E-state index is 0.0312. The predicted molar refractivity (Wildman–Crippen MR) is 127 cm³/mol. The maximum atomic E-state index is 14.3. The van der Waals surface area contributed by atoms with Crippen LogP contribution in [0.1, 0.15) is 17.3 Å². The highest BCUT2D eigenvalue weighted by Gasteiger charge is 2.16. The molecule has 0 aliphatic carbocycles. The Morgan fingerprint density at radius 2 is 1.64 bits per heavy atom. The van der Waals surface area contributed by atoms with Crippen LogP contribution in [0.15, 0.2) is 54.7 Å². The zero-order valence-electron chi connectivity index (χ0n) is 18.7. The van der Waals surface area contributed by atoms with E-state index in [2.05, 4.69) is 54.2 Å². The fraction of sp³-hybridized carbons (Fsp3) is 0.292. The Morgan fingerprint density at radius 1 is 1.00 bits per heavy atom. The molecule has 0 radical (unpaired) electrons. The summed E-state index contributed by atoms with van der Waals surface area (Å²) >= 11 is 0. The molecule has 9 heteroatoms. The number of nitrogens with one attached hydrogen (secondary N) is 2. The summed E-state index contributed by atoms with van der Waals surface area (Å²) in [5.41, 5.74) is 2.97. The van der Waals surface area contributed by atoms with Crippen molar-refractivity contribution in [2.45, 2.75) is 6.92 Å². The minimum atomic E-state index is -0.584. The van der Waals surface area contributed by atoms with E-state index in [1.807, 2.05) is 12.1 Å². The molecule has 172 valence electrons. The van der Waals surface area contributed by atoms with Crippen molar-refractivity contribution in [1.82, 2.24) is 14.9 Å². The normalized spacial score (nSPS) is 14.1. The molecule has 0 bridgehead atoms. The fourth-order valence-corrected chi connectivity index (χ4v) is 3.67. The number of anilines is 5. The van der Waals surface area contributed by atoms with E-state index < -0.39 is 11.8 Å². The third kappa shape index (κ3) is 5.56. The van der Waals surface area contributed by atoms with E-state index in [0.29, 0.717) is 11.3 Å². The molecule has 1 fully saturated rings. The van der Waals surface area contributed by atoms with Gasteiger partial charge in [0.05, 0.1) is 18.9 Å².